The van der Waals surface area contributed by atoms with E-state index < -0.39 is 97.0 Å². The van der Waals surface area contributed by atoms with Gasteiger partial charge in [-0.05, 0) is 43.7 Å². The van der Waals surface area contributed by atoms with Crippen LogP contribution < -0.4 is 38.5 Å². The van der Waals surface area contributed by atoms with Crippen LogP contribution in [0.1, 0.15) is 50.5 Å². The van der Waals surface area contributed by atoms with Gasteiger partial charge >= 0.3 is 17.9 Å². The third-order valence-corrected chi connectivity index (χ3v) is 8.57. The van der Waals surface area contributed by atoms with E-state index >= 15 is 0 Å². The van der Waals surface area contributed by atoms with E-state index in [1.807, 2.05) is 0 Å². The Morgan fingerprint density at radius 1 is 0.907 bits per heavy atom. The van der Waals surface area contributed by atoms with Gasteiger partial charge in [-0.25, -0.2) is 4.79 Å². The van der Waals surface area contributed by atoms with Crippen LogP contribution in [-0.2, 0) is 44.8 Å². The topological polar surface area (TPSA) is 355 Å². The van der Waals surface area contributed by atoms with Crippen LogP contribution in [0.25, 0.3) is 10.9 Å². The van der Waals surface area contributed by atoms with Gasteiger partial charge in [0, 0.05) is 43.0 Å². The quantitative estimate of drug-likeness (QED) is 0.0345. The first-order chi connectivity index (χ1) is 25.6. The Morgan fingerprint density at radius 3 is 2.30 bits per heavy atom. The van der Waals surface area contributed by atoms with Crippen molar-refractivity contribution in [3.05, 3.63) is 36.0 Å². The standard InChI is InChI=1S/C33H46N10O11/c34-19(9-10-26(45)46)28(49)39-16-25(44)40-22(14-27(47)48)29(50)42-23(13-17-15-38-20-6-2-1-5-18(17)20)31(52)43-12-4-8-24(43)30(51)41-21(32(53)54)7-3-11-37-33(35)36/h1-2,5-6,15,19,21-24,38H,3-4,7-14,16,34H2,(H,39,49)(H,40,44)(H,41,51)(H,42,50)(H,45,46)(H,47,48)(H,53,54)(H4,35,36,37). The molecule has 3 rings (SSSR count). The molecule has 14 N–H and O–H groups in total. The van der Waals surface area contributed by atoms with Crippen molar-refractivity contribution in [1.82, 2.24) is 31.2 Å². The summed E-state index contributed by atoms with van der Waals surface area (Å²) < 4.78 is 0. The van der Waals surface area contributed by atoms with Gasteiger partial charge < -0.3 is 63.7 Å². The number of guanidine groups is 1. The predicted molar refractivity (Wildman–Crippen MR) is 190 cm³/mol. The smallest absolute Gasteiger partial charge is 0.326 e. The van der Waals surface area contributed by atoms with Crippen molar-refractivity contribution in [2.24, 2.45) is 22.2 Å². The van der Waals surface area contributed by atoms with Gasteiger partial charge in [0.15, 0.2) is 5.96 Å². The van der Waals surface area contributed by atoms with Crippen molar-refractivity contribution < 1.29 is 53.7 Å². The minimum Gasteiger partial charge on any atom is -0.481 e. The molecule has 54 heavy (non-hydrogen) atoms. The molecule has 294 valence electrons. The second-order valence-corrected chi connectivity index (χ2v) is 12.6. The first-order valence-corrected chi connectivity index (χ1v) is 17.1. The van der Waals surface area contributed by atoms with Crippen LogP contribution in [-0.4, -0.2) is 128 Å². The number of carbonyl (C=O) groups is 8. The number of benzene rings is 1. The number of nitrogens with zero attached hydrogens (tertiary/aromatic N) is 2. The summed E-state index contributed by atoms with van der Waals surface area (Å²) in [7, 11) is 0. The Balaban J connectivity index is 1.80. The van der Waals surface area contributed by atoms with E-state index in [4.69, 9.17) is 22.3 Å². The molecule has 0 aliphatic carbocycles. The first kappa shape index (κ1) is 42.2. The molecule has 21 nitrogen and oxygen atoms in total. The number of carbonyl (C=O) groups excluding carboxylic acids is 5. The summed E-state index contributed by atoms with van der Waals surface area (Å²) in [6.45, 7) is -0.508. The van der Waals surface area contributed by atoms with E-state index in [1.54, 1.807) is 30.5 Å². The fourth-order valence-corrected chi connectivity index (χ4v) is 5.86. The van der Waals surface area contributed by atoms with Gasteiger partial charge in [0.05, 0.1) is 19.0 Å². The molecule has 0 radical (unpaired) electrons. The number of aromatic nitrogens is 1. The molecule has 0 bridgehead atoms. The van der Waals surface area contributed by atoms with Crippen LogP contribution in [0.2, 0.25) is 0 Å². The van der Waals surface area contributed by atoms with Crippen molar-refractivity contribution in [2.45, 2.75) is 81.6 Å². The number of aliphatic imine (C=N–C) groups is 1. The maximum absolute atomic E-state index is 14.2. The number of aliphatic carboxylic acids is 3. The largest absolute Gasteiger partial charge is 0.481 e. The summed E-state index contributed by atoms with van der Waals surface area (Å²) >= 11 is 0. The summed E-state index contributed by atoms with van der Waals surface area (Å²) in [5.41, 5.74) is 17.6. The van der Waals surface area contributed by atoms with Gasteiger partial charge in [0.1, 0.15) is 24.2 Å². The molecule has 1 aliphatic heterocycles. The minimum atomic E-state index is -1.72. The molecule has 5 amide bonds. The minimum absolute atomic E-state index is 0.00431. The molecule has 1 aromatic carbocycles. The molecular weight excluding hydrogens is 712 g/mol. The number of nitrogens with two attached hydrogens (primary N) is 3. The SMILES string of the molecule is NC(N)=NCCCC(NC(=O)C1CCCN1C(=O)C(Cc1c[nH]c2ccccc12)NC(=O)C(CC(=O)O)NC(=O)CNC(=O)C(N)CCC(=O)O)C(=O)O. The van der Waals surface area contributed by atoms with E-state index in [-0.39, 0.29) is 51.2 Å². The van der Waals surface area contributed by atoms with E-state index in [1.165, 1.54) is 4.90 Å². The summed E-state index contributed by atoms with van der Waals surface area (Å²) in [5.74, 6) is -8.45. The van der Waals surface area contributed by atoms with Crippen molar-refractivity contribution >= 4 is 64.3 Å². The number of carboxylic acids is 3. The number of carboxylic acid groups (broad SMARTS) is 3. The van der Waals surface area contributed by atoms with Gasteiger partial charge in [-0.15, -0.1) is 0 Å². The lowest BCUT2D eigenvalue weighted by Crippen LogP contribution is -2.58. The number of para-hydroxylation sites is 1. The number of hydrogen-bond acceptors (Lipinski definition) is 10. The van der Waals surface area contributed by atoms with Gasteiger partial charge in [-0.1, -0.05) is 18.2 Å². The van der Waals surface area contributed by atoms with Crippen LogP contribution in [0.3, 0.4) is 0 Å². The molecule has 1 aromatic heterocycles. The zero-order valence-corrected chi connectivity index (χ0v) is 29.3. The Labute approximate surface area is 308 Å². The number of H-pyrrole nitrogens is 1. The van der Waals surface area contributed by atoms with E-state index in [9.17, 15) is 48.6 Å². The van der Waals surface area contributed by atoms with Gasteiger partial charge in [0.2, 0.25) is 29.5 Å². The fraction of sp³-hybridized carbons (Fsp3) is 0.485. The number of nitrogens with one attached hydrogen (secondary N) is 5. The Hall–Kier alpha value is -6.25. The Kier molecular flexibility index (Phi) is 15.7. The normalized spacial score (nSPS) is 15.9. The highest BCUT2D eigenvalue weighted by Crippen LogP contribution is 2.23. The molecule has 21 heteroatoms. The third kappa shape index (κ3) is 12.8. The molecule has 2 heterocycles. The molecule has 1 aliphatic rings. The van der Waals surface area contributed by atoms with Crippen LogP contribution in [0.15, 0.2) is 35.5 Å². The maximum atomic E-state index is 14.2. The van der Waals surface area contributed by atoms with Crippen molar-refractivity contribution in [2.75, 3.05) is 19.6 Å². The maximum Gasteiger partial charge on any atom is 0.326 e. The van der Waals surface area contributed by atoms with Crippen LogP contribution in [0, 0.1) is 0 Å². The Morgan fingerprint density at radius 2 is 1.63 bits per heavy atom. The summed E-state index contributed by atoms with van der Waals surface area (Å²) in [4.78, 5) is 109. The molecule has 5 atom stereocenters. The number of aromatic amines is 1. The molecule has 1 fully saturated rings. The Bertz CT molecular complexity index is 1740. The zero-order chi connectivity index (χ0) is 39.9. The molecule has 5 unspecified atom stereocenters. The second kappa shape index (κ2) is 20.1. The average molecular weight is 759 g/mol. The lowest BCUT2D eigenvalue weighted by Gasteiger charge is -2.30. The van der Waals surface area contributed by atoms with Crippen molar-refractivity contribution in [3.8, 4) is 0 Å². The van der Waals surface area contributed by atoms with Crippen LogP contribution in [0.5, 0.6) is 0 Å². The third-order valence-electron chi connectivity index (χ3n) is 8.57. The van der Waals surface area contributed by atoms with Crippen molar-refractivity contribution in [1.29, 1.82) is 0 Å². The predicted octanol–water partition coefficient (Wildman–Crippen LogP) is -2.92. The van der Waals surface area contributed by atoms with E-state index in [0.29, 0.717) is 12.0 Å². The summed E-state index contributed by atoms with van der Waals surface area (Å²) in [5, 5.41) is 38.2. The van der Waals surface area contributed by atoms with E-state index in [0.717, 1.165) is 10.9 Å². The number of amides is 5. The molecule has 2 aromatic rings. The number of fused-ring (bicyclic) bond motifs is 1. The monoisotopic (exact) mass is 758 g/mol. The van der Waals surface area contributed by atoms with Gasteiger partial charge in [0.25, 0.3) is 0 Å². The summed E-state index contributed by atoms with van der Waals surface area (Å²) in [6.07, 6.45) is 0.792. The van der Waals surface area contributed by atoms with Crippen LogP contribution >= 0.6 is 0 Å². The van der Waals surface area contributed by atoms with Gasteiger partial charge in [-0.3, -0.25) is 38.6 Å². The average Bonchev–Trinajstić information content (AvgIpc) is 3.77. The number of likely N-dealkylation sites (tertiary alicyclic amines) is 1. The molecule has 1 saturated heterocycles. The number of hydrogen-bond donors (Lipinski definition) is 11. The lowest BCUT2D eigenvalue weighted by molar-refractivity contribution is -0.145. The lowest BCUT2D eigenvalue weighted by atomic mass is 10.0. The molecular formula is C33H46N10O11. The van der Waals surface area contributed by atoms with Crippen LogP contribution in [0.4, 0.5) is 0 Å². The fourth-order valence-electron chi connectivity index (χ4n) is 5.86. The second-order valence-electron chi connectivity index (χ2n) is 12.6. The molecule has 0 spiro atoms. The summed E-state index contributed by atoms with van der Waals surface area (Å²) in [6, 6.07) is 0.368. The highest BCUT2D eigenvalue weighted by atomic mass is 16.4. The van der Waals surface area contributed by atoms with E-state index in [2.05, 4.69) is 31.2 Å². The van der Waals surface area contributed by atoms with Crippen molar-refractivity contribution in [3.63, 3.8) is 0 Å². The highest BCUT2D eigenvalue weighted by molar-refractivity contribution is 5.97. The highest BCUT2D eigenvalue weighted by Gasteiger charge is 2.40. The zero-order valence-electron chi connectivity index (χ0n) is 29.3. The van der Waals surface area contributed by atoms with Gasteiger partial charge in [-0.2, -0.15) is 0 Å². The number of rotatable bonds is 21. The molecule has 0 saturated carbocycles. The first-order valence-electron chi connectivity index (χ1n) is 17.1.